The van der Waals surface area contributed by atoms with E-state index in [1.807, 2.05) is 0 Å². The Hall–Kier alpha value is -0.120. The number of nitrogens with one attached hydrogen (secondary N) is 1. The van der Waals surface area contributed by atoms with Gasteiger partial charge in [0.05, 0.1) is 12.7 Å². The summed E-state index contributed by atoms with van der Waals surface area (Å²) in [4.78, 5) is 0. The maximum atomic E-state index is 5.84. The van der Waals surface area contributed by atoms with Crippen molar-refractivity contribution in [2.75, 3.05) is 19.8 Å². The van der Waals surface area contributed by atoms with Gasteiger partial charge in [0.1, 0.15) is 0 Å². The Kier molecular flexibility index (Phi) is 2.96. The van der Waals surface area contributed by atoms with E-state index in [2.05, 4.69) is 26.1 Å². The molecular formula is C14H25NO2. The molecule has 1 N–H and O–H groups in total. The van der Waals surface area contributed by atoms with Crippen molar-refractivity contribution in [3.8, 4) is 0 Å². The van der Waals surface area contributed by atoms with Gasteiger partial charge in [0, 0.05) is 36.6 Å². The second-order valence-corrected chi connectivity index (χ2v) is 6.62. The van der Waals surface area contributed by atoms with E-state index in [9.17, 15) is 0 Å². The topological polar surface area (TPSA) is 30.5 Å². The quantitative estimate of drug-likeness (QED) is 0.815. The molecule has 1 aliphatic carbocycles. The number of hydrogen-bond acceptors (Lipinski definition) is 3. The normalized spacial score (nSPS) is 45.4. The van der Waals surface area contributed by atoms with Crippen LogP contribution >= 0.6 is 0 Å². The molecule has 2 heterocycles. The van der Waals surface area contributed by atoms with Gasteiger partial charge < -0.3 is 14.8 Å². The van der Waals surface area contributed by atoms with Gasteiger partial charge >= 0.3 is 0 Å². The molecule has 3 fully saturated rings. The van der Waals surface area contributed by atoms with Gasteiger partial charge in [0.15, 0.2) is 0 Å². The van der Waals surface area contributed by atoms with Gasteiger partial charge in [0.25, 0.3) is 0 Å². The van der Waals surface area contributed by atoms with E-state index in [1.54, 1.807) is 0 Å². The summed E-state index contributed by atoms with van der Waals surface area (Å²) >= 11 is 0. The van der Waals surface area contributed by atoms with Crippen LogP contribution in [0.4, 0.5) is 0 Å². The highest BCUT2D eigenvalue weighted by Crippen LogP contribution is 2.52. The molecule has 0 spiro atoms. The SMILES string of the molecule is CC(NC1C2CCOC2C1(C)C)C1CCOC1. The van der Waals surface area contributed by atoms with Gasteiger partial charge in [0.2, 0.25) is 0 Å². The molecule has 1 saturated carbocycles. The summed E-state index contributed by atoms with van der Waals surface area (Å²) in [6.45, 7) is 9.84. The highest BCUT2D eigenvalue weighted by molar-refractivity contribution is 5.11. The van der Waals surface area contributed by atoms with Crippen LogP contribution in [0.3, 0.4) is 0 Å². The Morgan fingerprint density at radius 2 is 2.06 bits per heavy atom. The lowest BCUT2D eigenvalue weighted by Gasteiger charge is -2.56. The van der Waals surface area contributed by atoms with E-state index in [1.165, 1.54) is 12.8 Å². The Morgan fingerprint density at radius 1 is 1.24 bits per heavy atom. The monoisotopic (exact) mass is 239 g/mol. The lowest BCUT2D eigenvalue weighted by atomic mass is 9.57. The third-order valence-corrected chi connectivity index (χ3v) is 5.21. The standard InChI is InChI=1S/C14H25NO2/c1-9(10-4-6-16-8-10)15-12-11-5-7-17-13(11)14(12,2)3/h9-13,15H,4-8H2,1-3H3. The molecule has 3 nitrogen and oxygen atoms in total. The van der Waals surface area contributed by atoms with Crippen LogP contribution in [0.25, 0.3) is 0 Å². The first-order valence-electron chi connectivity index (χ1n) is 7.06. The smallest absolute Gasteiger partial charge is 0.0685 e. The fourth-order valence-corrected chi connectivity index (χ4v) is 4.03. The van der Waals surface area contributed by atoms with Crippen LogP contribution in [0.15, 0.2) is 0 Å². The fraction of sp³-hybridized carbons (Fsp3) is 1.00. The maximum absolute atomic E-state index is 5.84. The minimum atomic E-state index is 0.300. The van der Waals surface area contributed by atoms with Crippen molar-refractivity contribution in [2.24, 2.45) is 17.3 Å². The van der Waals surface area contributed by atoms with Crippen molar-refractivity contribution in [1.29, 1.82) is 0 Å². The molecule has 2 saturated heterocycles. The molecule has 17 heavy (non-hydrogen) atoms. The second kappa shape index (κ2) is 4.22. The third-order valence-electron chi connectivity index (χ3n) is 5.21. The van der Waals surface area contributed by atoms with Gasteiger partial charge in [-0.05, 0) is 25.7 Å². The van der Waals surface area contributed by atoms with Crippen LogP contribution in [0.1, 0.15) is 33.6 Å². The number of ether oxygens (including phenoxy) is 2. The average molecular weight is 239 g/mol. The number of rotatable bonds is 3. The summed E-state index contributed by atoms with van der Waals surface area (Å²) in [7, 11) is 0. The van der Waals surface area contributed by atoms with Gasteiger partial charge in [-0.15, -0.1) is 0 Å². The molecule has 0 radical (unpaired) electrons. The summed E-state index contributed by atoms with van der Waals surface area (Å²) in [6.07, 6.45) is 2.94. The molecule has 2 aliphatic heterocycles. The first kappa shape index (κ1) is 11.9. The van der Waals surface area contributed by atoms with E-state index in [4.69, 9.17) is 9.47 Å². The minimum absolute atomic E-state index is 0.300. The van der Waals surface area contributed by atoms with Crippen molar-refractivity contribution in [3.63, 3.8) is 0 Å². The van der Waals surface area contributed by atoms with E-state index < -0.39 is 0 Å². The predicted octanol–water partition coefficient (Wildman–Crippen LogP) is 1.81. The minimum Gasteiger partial charge on any atom is -0.381 e. The molecule has 0 bridgehead atoms. The Bertz CT molecular complexity index is 286. The van der Waals surface area contributed by atoms with Crippen LogP contribution in [0, 0.1) is 17.3 Å². The van der Waals surface area contributed by atoms with Gasteiger partial charge in [-0.25, -0.2) is 0 Å². The molecule has 0 amide bonds. The molecule has 3 heteroatoms. The van der Waals surface area contributed by atoms with Crippen molar-refractivity contribution in [1.82, 2.24) is 5.32 Å². The van der Waals surface area contributed by atoms with E-state index in [-0.39, 0.29) is 0 Å². The number of fused-ring (bicyclic) bond motifs is 1. The number of hydrogen-bond donors (Lipinski definition) is 1. The van der Waals surface area contributed by atoms with Crippen molar-refractivity contribution in [2.45, 2.75) is 51.8 Å². The Labute approximate surface area is 104 Å². The van der Waals surface area contributed by atoms with Crippen molar-refractivity contribution in [3.05, 3.63) is 0 Å². The molecular weight excluding hydrogens is 214 g/mol. The van der Waals surface area contributed by atoms with Crippen molar-refractivity contribution >= 4 is 0 Å². The molecule has 0 aromatic carbocycles. The molecule has 0 aromatic rings. The molecule has 5 unspecified atom stereocenters. The zero-order chi connectivity index (χ0) is 12.0. The Balaban J connectivity index is 1.61. The molecule has 0 aromatic heterocycles. The zero-order valence-corrected chi connectivity index (χ0v) is 11.2. The lowest BCUT2D eigenvalue weighted by molar-refractivity contribution is -0.116. The highest BCUT2D eigenvalue weighted by Gasteiger charge is 2.59. The molecule has 5 atom stereocenters. The summed E-state index contributed by atoms with van der Waals surface area (Å²) in [5, 5.41) is 3.86. The Morgan fingerprint density at radius 3 is 2.76 bits per heavy atom. The van der Waals surface area contributed by atoms with Gasteiger partial charge in [-0.2, -0.15) is 0 Å². The predicted molar refractivity (Wildman–Crippen MR) is 66.9 cm³/mol. The van der Waals surface area contributed by atoms with Crippen LogP contribution in [0.5, 0.6) is 0 Å². The second-order valence-electron chi connectivity index (χ2n) is 6.62. The van der Waals surface area contributed by atoms with E-state index in [0.29, 0.717) is 29.5 Å². The lowest BCUT2D eigenvalue weighted by Crippen LogP contribution is -2.67. The summed E-state index contributed by atoms with van der Waals surface area (Å²) in [5.74, 6) is 1.45. The average Bonchev–Trinajstić information content (AvgIpc) is 2.95. The van der Waals surface area contributed by atoms with Crippen LogP contribution in [-0.4, -0.2) is 38.0 Å². The largest absolute Gasteiger partial charge is 0.381 e. The van der Waals surface area contributed by atoms with E-state index in [0.717, 1.165) is 25.7 Å². The molecule has 98 valence electrons. The first-order valence-corrected chi connectivity index (χ1v) is 7.06. The van der Waals surface area contributed by atoms with Crippen LogP contribution in [-0.2, 0) is 9.47 Å². The zero-order valence-electron chi connectivity index (χ0n) is 11.2. The summed E-state index contributed by atoms with van der Waals surface area (Å²) in [5.41, 5.74) is 0.300. The fourth-order valence-electron chi connectivity index (χ4n) is 4.03. The maximum Gasteiger partial charge on any atom is 0.0685 e. The van der Waals surface area contributed by atoms with E-state index >= 15 is 0 Å². The van der Waals surface area contributed by atoms with Crippen molar-refractivity contribution < 1.29 is 9.47 Å². The first-order chi connectivity index (χ1) is 8.10. The van der Waals surface area contributed by atoms with Gasteiger partial charge in [-0.1, -0.05) is 13.8 Å². The summed E-state index contributed by atoms with van der Waals surface area (Å²) < 4.78 is 11.3. The van der Waals surface area contributed by atoms with Crippen LogP contribution in [0.2, 0.25) is 0 Å². The van der Waals surface area contributed by atoms with Crippen LogP contribution < -0.4 is 5.32 Å². The summed E-state index contributed by atoms with van der Waals surface area (Å²) in [6, 6.07) is 1.20. The molecule has 3 aliphatic rings. The molecule has 3 rings (SSSR count). The highest BCUT2D eigenvalue weighted by atomic mass is 16.5. The van der Waals surface area contributed by atoms with Gasteiger partial charge in [-0.3, -0.25) is 0 Å². The third kappa shape index (κ3) is 1.83.